The van der Waals surface area contributed by atoms with Gasteiger partial charge in [0.25, 0.3) is 0 Å². The van der Waals surface area contributed by atoms with E-state index in [1.54, 1.807) is 0 Å². The lowest BCUT2D eigenvalue weighted by Crippen LogP contribution is -2.52. The number of halogens is 2. The number of hydrogen-bond donors (Lipinski definition) is 1. The van der Waals surface area contributed by atoms with Crippen LogP contribution in [0, 0.1) is 11.3 Å². The molecule has 1 spiro atoms. The van der Waals surface area contributed by atoms with E-state index in [4.69, 9.17) is 0 Å². The third-order valence-corrected chi connectivity index (χ3v) is 6.59. The predicted octanol–water partition coefficient (Wildman–Crippen LogP) is 0.986. The Morgan fingerprint density at radius 2 is 1.50 bits per heavy atom. The molecule has 4 rings (SSSR count). The summed E-state index contributed by atoms with van der Waals surface area (Å²) < 4.78 is 0. The first-order valence-electron chi connectivity index (χ1n) is 9.68. The Morgan fingerprint density at radius 1 is 0.885 bits per heavy atom. The number of likely N-dealkylation sites (tertiary alicyclic amines) is 1. The van der Waals surface area contributed by atoms with Crippen molar-refractivity contribution in [2.24, 2.45) is 11.3 Å². The van der Waals surface area contributed by atoms with Gasteiger partial charge in [0.05, 0.1) is 6.54 Å². The number of rotatable bonds is 3. The zero-order valence-electron chi connectivity index (χ0n) is 15.5. The molecule has 0 radical (unpaired) electrons. The first kappa shape index (κ1) is 21.7. The van der Waals surface area contributed by atoms with Gasteiger partial charge in [-0.2, -0.15) is 0 Å². The highest BCUT2D eigenvalue weighted by Gasteiger charge is 2.58. The molecule has 0 aromatic heterocycles. The molecule has 0 aromatic rings. The highest BCUT2D eigenvalue weighted by atomic mass is 35.5. The van der Waals surface area contributed by atoms with E-state index in [0.29, 0.717) is 17.9 Å². The second-order valence-electron chi connectivity index (χ2n) is 8.06. The second-order valence-corrected chi connectivity index (χ2v) is 8.06. The molecule has 0 aromatic carbocycles. The van der Waals surface area contributed by atoms with Crippen LogP contribution in [0.2, 0.25) is 0 Å². The summed E-state index contributed by atoms with van der Waals surface area (Å²) in [5.74, 6) is 0.919. The van der Waals surface area contributed by atoms with Crippen molar-refractivity contribution >= 4 is 36.6 Å². The average molecular weight is 407 g/mol. The van der Waals surface area contributed by atoms with Gasteiger partial charge in [-0.3, -0.25) is 14.5 Å². The van der Waals surface area contributed by atoms with E-state index < -0.39 is 0 Å². The number of carbonyl (C=O) groups is 2. The summed E-state index contributed by atoms with van der Waals surface area (Å²) in [5, 5.41) is 3.40. The van der Waals surface area contributed by atoms with Gasteiger partial charge >= 0.3 is 0 Å². The first-order valence-corrected chi connectivity index (χ1v) is 9.68. The number of piperidine rings is 1. The van der Waals surface area contributed by atoms with Crippen molar-refractivity contribution < 1.29 is 9.59 Å². The zero-order valence-corrected chi connectivity index (χ0v) is 17.1. The molecule has 3 saturated heterocycles. The number of nitrogens with zero attached hydrogens (tertiary/aromatic N) is 3. The molecule has 1 saturated carbocycles. The van der Waals surface area contributed by atoms with Crippen molar-refractivity contribution in [3.05, 3.63) is 0 Å². The standard InChI is InChI=1S/C18H30N4O2.2ClH/c23-16(21-7-1-2-8-21)14-20-9-11-22(12-10-20)17(24)15-13-18(15)3-5-19-6-4-18;;/h15,19H,1-14H2;2*1H. The molecule has 0 bridgehead atoms. The quantitative estimate of drug-likeness (QED) is 0.758. The summed E-state index contributed by atoms with van der Waals surface area (Å²) in [5.41, 5.74) is 0.325. The summed E-state index contributed by atoms with van der Waals surface area (Å²) in [6, 6.07) is 0. The smallest absolute Gasteiger partial charge is 0.236 e. The van der Waals surface area contributed by atoms with E-state index in [1.165, 1.54) is 0 Å². The van der Waals surface area contributed by atoms with Gasteiger partial charge in [-0.25, -0.2) is 0 Å². The van der Waals surface area contributed by atoms with E-state index in [9.17, 15) is 9.59 Å². The molecule has 1 N–H and O–H groups in total. The Hall–Kier alpha value is -0.560. The topological polar surface area (TPSA) is 55.9 Å². The Morgan fingerprint density at radius 3 is 2.12 bits per heavy atom. The fourth-order valence-corrected chi connectivity index (χ4v) is 4.78. The lowest BCUT2D eigenvalue weighted by molar-refractivity contribution is -0.136. The Bertz CT molecular complexity index is 499. The van der Waals surface area contributed by atoms with E-state index >= 15 is 0 Å². The van der Waals surface area contributed by atoms with Crippen molar-refractivity contribution in [2.45, 2.75) is 32.1 Å². The van der Waals surface area contributed by atoms with Crippen molar-refractivity contribution in [1.29, 1.82) is 0 Å². The van der Waals surface area contributed by atoms with Gasteiger partial charge in [0.15, 0.2) is 0 Å². The monoisotopic (exact) mass is 406 g/mol. The number of piperazine rings is 1. The number of nitrogens with one attached hydrogen (secondary N) is 1. The SMILES string of the molecule is Cl.Cl.O=C(CN1CCN(C(=O)C2CC23CCNCC3)CC1)N1CCCC1. The molecular formula is C18H32Cl2N4O2. The van der Waals surface area contributed by atoms with Gasteiger partial charge in [0.1, 0.15) is 0 Å². The van der Waals surface area contributed by atoms with E-state index in [0.717, 1.165) is 84.5 Å². The highest BCUT2D eigenvalue weighted by molar-refractivity contribution is 5.85. The van der Waals surface area contributed by atoms with Gasteiger partial charge in [-0.05, 0) is 50.6 Å². The fraction of sp³-hybridized carbons (Fsp3) is 0.889. The predicted molar refractivity (Wildman–Crippen MR) is 106 cm³/mol. The first-order chi connectivity index (χ1) is 11.7. The molecule has 2 amide bonds. The maximum absolute atomic E-state index is 12.8. The van der Waals surface area contributed by atoms with Crippen LogP contribution in [0.3, 0.4) is 0 Å². The molecule has 3 aliphatic heterocycles. The molecule has 3 heterocycles. The van der Waals surface area contributed by atoms with Gasteiger partial charge in [0, 0.05) is 45.2 Å². The number of hydrogen-bond acceptors (Lipinski definition) is 4. The lowest BCUT2D eigenvalue weighted by atomic mass is 9.91. The summed E-state index contributed by atoms with van der Waals surface area (Å²) >= 11 is 0. The van der Waals surface area contributed by atoms with Crippen LogP contribution in [-0.2, 0) is 9.59 Å². The summed E-state index contributed by atoms with van der Waals surface area (Å²) in [7, 11) is 0. The minimum Gasteiger partial charge on any atom is -0.342 e. The van der Waals surface area contributed by atoms with Gasteiger partial charge in [0.2, 0.25) is 11.8 Å². The van der Waals surface area contributed by atoms with Gasteiger partial charge in [-0.1, -0.05) is 0 Å². The van der Waals surface area contributed by atoms with Crippen LogP contribution in [0.4, 0.5) is 0 Å². The third-order valence-electron chi connectivity index (χ3n) is 6.59. The van der Waals surface area contributed by atoms with Crippen molar-refractivity contribution in [3.8, 4) is 0 Å². The van der Waals surface area contributed by atoms with E-state index in [2.05, 4.69) is 15.1 Å². The second kappa shape index (κ2) is 9.09. The van der Waals surface area contributed by atoms with Gasteiger partial charge in [-0.15, -0.1) is 24.8 Å². The number of carbonyl (C=O) groups excluding carboxylic acids is 2. The molecule has 1 unspecified atom stereocenters. The maximum Gasteiger partial charge on any atom is 0.236 e. The van der Waals surface area contributed by atoms with Crippen LogP contribution in [-0.4, -0.2) is 85.4 Å². The summed E-state index contributed by atoms with van der Waals surface area (Å²) in [6.07, 6.45) is 5.71. The molecule has 4 fully saturated rings. The normalized spacial score (nSPS) is 27.6. The minimum absolute atomic E-state index is 0. The zero-order chi connectivity index (χ0) is 16.6. The van der Waals surface area contributed by atoms with E-state index in [-0.39, 0.29) is 36.6 Å². The Balaban J connectivity index is 0.00000121. The molecule has 26 heavy (non-hydrogen) atoms. The molecule has 8 heteroatoms. The maximum atomic E-state index is 12.8. The fourth-order valence-electron chi connectivity index (χ4n) is 4.78. The molecule has 1 aliphatic carbocycles. The highest BCUT2D eigenvalue weighted by Crippen LogP contribution is 2.59. The third kappa shape index (κ3) is 4.46. The van der Waals surface area contributed by atoms with Crippen LogP contribution in [0.1, 0.15) is 32.1 Å². The summed E-state index contributed by atoms with van der Waals surface area (Å²) in [4.78, 5) is 31.3. The molecule has 1 atom stereocenters. The minimum atomic E-state index is 0. The molecule has 150 valence electrons. The van der Waals surface area contributed by atoms with Crippen LogP contribution in [0.25, 0.3) is 0 Å². The average Bonchev–Trinajstić information content (AvgIpc) is 3.05. The number of amides is 2. The van der Waals surface area contributed by atoms with Crippen LogP contribution in [0.15, 0.2) is 0 Å². The molecule has 4 aliphatic rings. The Kier molecular flexibility index (Phi) is 7.60. The van der Waals surface area contributed by atoms with Crippen LogP contribution in [0.5, 0.6) is 0 Å². The van der Waals surface area contributed by atoms with Crippen molar-refractivity contribution in [2.75, 3.05) is 58.9 Å². The van der Waals surface area contributed by atoms with Gasteiger partial charge < -0.3 is 15.1 Å². The molecular weight excluding hydrogens is 375 g/mol. The van der Waals surface area contributed by atoms with E-state index in [1.807, 2.05) is 4.90 Å². The van der Waals surface area contributed by atoms with Crippen molar-refractivity contribution in [3.63, 3.8) is 0 Å². The van der Waals surface area contributed by atoms with Crippen LogP contribution < -0.4 is 5.32 Å². The summed E-state index contributed by atoms with van der Waals surface area (Å²) in [6.45, 7) is 7.77. The Labute approximate surface area is 168 Å². The van der Waals surface area contributed by atoms with Crippen LogP contribution >= 0.6 is 24.8 Å². The lowest BCUT2D eigenvalue weighted by Gasteiger charge is -2.35. The molecule has 6 nitrogen and oxygen atoms in total. The largest absolute Gasteiger partial charge is 0.342 e. The van der Waals surface area contributed by atoms with Crippen molar-refractivity contribution in [1.82, 2.24) is 20.0 Å².